The number of fused-ring (bicyclic) bond motifs is 2. The molecule has 6 aromatic rings. The third-order valence-electron chi connectivity index (χ3n) is 6.86. The molecule has 10 nitrogen and oxygen atoms in total. The quantitative estimate of drug-likeness (QED) is 0.197. The van der Waals surface area contributed by atoms with Gasteiger partial charge >= 0.3 is 0 Å². The van der Waals surface area contributed by atoms with Gasteiger partial charge in [0.25, 0.3) is 5.91 Å². The number of aromatic nitrogens is 3. The van der Waals surface area contributed by atoms with Crippen molar-refractivity contribution in [2.24, 2.45) is 0 Å². The van der Waals surface area contributed by atoms with Crippen molar-refractivity contribution in [3.63, 3.8) is 0 Å². The zero-order valence-corrected chi connectivity index (χ0v) is 26.9. The SMILES string of the molecule is C=O.C=O.CC.CNC(=O)c1c(-c2ccc(F)cc2)oc2cc(N(C)C)c(-c3cc(F)cc(-c4nc5nc(OC)ccc5[nH]4)c3)cc12. The van der Waals surface area contributed by atoms with E-state index in [1.54, 1.807) is 24.3 Å². The Morgan fingerprint density at radius 2 is 1.53 bits per heavy atom. The molecule has 0 saturated carbocycles. The van der Waals surface area contributed by atoms with E-state index in [1.165, 1.54) is 38.4 Å². The van der Waals surface area contributed by atoms with Crippen molar-refractivity contribution in [3.8, 4) is 39.7 Å². The molecule has 47 heavy (non-hydrogen) atoms. The fraction of sp³-hybridized carbons (Fsp3) is 0.171. The molecule has 0 aliphatic heterocycles. The maximum atomic E-state index is 15.1. The average molecular weight is 644 g/mol. The van der Waals surface area contributed by atoms with Gasteiger partial charge in [0, 0.05) is 61.0 Å². The van der Waals surface area contributed by atoms with Crippen molar-refractivity contribution in [3.05, 3.63) is 83.9 Å². The molecule has 0 radical (unpaired) electrons. The highest BCUT2D eigenvalue weighted by Gasteiger charge is 2.24. The first-order chi connectivity index (χ1) is 22.7. The number of nitrogens with one attached hydrogen (secondary N) is 2. The first kappa shape index (κ1) is 35.6. The molecule has 0 aliphatic carbocycles. The number of imidazole rings is 1. The number of methoxy groups -OCH3 is 1. The number of H-pyrrole nitrogens is 1. The van der Waals surface area contributed by atoms with Gasteiger partial charge in [0.1, 0.15) is 42.4 Å². The molecular formula is C35H35F2N5O5. The predicted molar refractivity (Wildman–Crippen MR) is 180 cm³/mol. The summed E-state index contributed by atoms with van der Waals surface area (Å²) in [6.45, 7) is 8.00. The van der Waals surface area contributed by atoms with Gasteiger partial charge in [-0.3, -0.25) is 4.79 Å². The van der Waals surface area contributed by atoms with Gasteiger partial charge in [-0.2, -0.15) is 4.98 Å². The summed E-state index contributed by atoms with van der Waals surface area (Å²) in [4.78, 5) is 43.1. The van der Waals surface area contributed by atoms with Crippen LogP contribution in [0.4, 0.5) is 14.5 Å². The number of halogens is 2. The van der Waals surface area contributed by atoms with Crippen molar-refractivity contribution < 1.29 is 32.3 Å². The first-order valence-electron chi connectivity index (χ1n) is 14.3. The van der Waals surface area contributed by atoms with Crippen LogP contribution in [0, 0.1) is 11.6 Å². The smallest absolute Gasteiger partial charge is 0.255 e. The minimum absolute atomic E-state index is 0.301. The summed E-state index contributed by atoms with van der Waals surface area (Å²) >= 11 is 0. The molecule has 0 saturated heterocycles. The highest BCUT2D eigenvalue weighted by atomic mass is 19.1. The molecule has 6 rings (SSSR count). The van der Waals surface area contributed by atoms with E-state index in [4.69, 9.17) is 18.7 Å². The fourth-order valence-corrected chi connectivity index (χ4v) is 4.90. The molecule has 12 heteroatoms. The van der Waals surface area contributed by atoms with Crippen molar-refractivity contribution >= 4 is 47.3 Å². The van der Waals surface area contributed by atoms with Crippen LogP contribution in [0.3, 0.4) is 0 Å². The molecule has 3 aromatic heterocycles. The number of aromatic amines is 1. The van der Waals surface area contributed by atoms with Gasteiger partial charge in [0.05, 0.1) is 18.2 Å². The van der Waals surface area contributed by atoms with Gasteiger partial charge in [-0.25, -0.2) is 13.8 Å². The van der Waals surface area contributed by atoms with E-state index in [-0.39, 0.29) is 5.91 Å². The third-order valence-corrected chi connectivity index (χ3v) is 6.86. The molecule has 0 unspecified atom stereocenters. The van der Waals surface area contributed by atoms with Crippen LogP contribution >= 0.6 is 0 Å². The third kappa shape index (κ3) is 7.33. The van der Waals surface area contributed by atoms with E-state index < -0.39 is 11.6 Å². The summed E-state index contributed by atoms with van der Waals surface area (Å²) in [7, 11) is 6.79. The van der Waals surface area contributed by atoms with Crippen LogP contribution in [0.2, 0.25) is 0 Å². The van der Waals surface area contributed by atoms with E-state index in [0.29, 0.717) is 67.4 Å². The number of pyridine rings is 1. The summed E-state index contributed by atoms with van der Waals surface area (Å²) in [6.07, 6.45) is 0. The predicted octanol–water partition coefficient (Wildman–Crippen LogP) is 7.07. The Balaban J connectivity index is 0.000000947. The largest absolute Gasteiger partial charge is 0.481 e. The lowest BCUT2D eigenvalue weighted by molar-refractivity contribution is -0.0987. The number of rotatable bonds is 6. The van der Waals surface area contributed by atoms with Crippen LogP contribution in [0.25, 0.3) is 56.0 Å². The Morgan fingerprint density at radius 1 is 0.872 bits per heavy atom. The summed E-state index contributed by atoms with van der Waals surface area (Å²) in [5.74, 6) is -0.0414. The van der Waals surface area contributed by atoms with Gasteiger partial charge in [-0.05, 0) is 60.2 Å². The van der Waals surface area contributed by atoms with E-state index in [0.717, 1.165) is 5.69 Å². The number of hydrogen-bond acceptors (Lipinski definition) is 8. The van der Waals surface area contributed by atoms with E-state index in [1.807, 2.05) is 64.6 Å². The first-order valence-corrected chi connectivity index (χ1v) is 14.3. The van der Waals surface area contributed by atoms with Crippen molar-refractivity contribution in [2.45, 2.75) is 13.8 Å². The Labute approximate surface area is 270 Å². The topological polar surface area (TPSA) is 130 Å². The molecular weight excluding hydrogens is 608 g/mol. The Morgan fingerprint density at radius 3 is 2.15 bits per heavy atom. The van der Waals surface area contributed by atoms with Gasteiger partial charge in [-0.15, -0.1) is 0 Å². The molecule has 244 valence electrons. The number of ether oxygens (including phenoxy) is 1. The van der Waals surface area contributed by atoms with Gasteiger partial charge in [0.2, 0.25) is 5.88 Å². The molecule has 2 N–H and O–H groups in total. The molecule has 0 spiro atoms. The maximum Gasteiger partial charge on any atom is 0.255 e. The summed E-state index contributed by atoms with van der Waals surface area (Å²) in [6, 6.07) is 17.5. The van der Waals surface area contributed by atoms with E-state index >= 15 is 4.39 Å². The van der Waals surface area contributed by atoms with Crippen molar-refractivity contribution in [1.29, 1.82) is 0 Å². The van der Waals surface area contributed by atoms with Gasteiger partial charge in [0.15, 0.2) is 5.65 Å². The number of amides is 1. The number of carbonyl (C=O) groups is 3. The van der Waals surface area contributed by atoms with Crippen LogP contribution in [-0.2, 0) is 9.59 Å². The lowest BCUT2D eigenvalue weighted by Crippen LogP contribution is -2.18. The Hall–Kier alpha value is -5.91. The number of hydrogen-bond donors (Lipinski definition) is 2. The number of furan rings is 1. The molecule has 3 heterocycles. The average Bonchev–Trinajstić information content (AvgIpc) is 3.71. The minimum Gasteiger partial charge on any atom is -0.481 e. The summed E-state index contributed by atoms with van der Waals surface area (Å²) < 4.78 is 40.1. The lowest BCUT2D eigenvalue weighted by Gasteiger charge is -2.18. The van der Waals surface area contributed by atoms with Crippen LogP contribution < -0.4 is 15.0 Å². The summed E-state index contributed by atoms with van der Waals surface area (Å²) in [5, 5.41) is 3.20. The summed E-state index contributed by atoms with van der Waals surface area (Å²) in [5.41, 5.74) is 4.96. The zero-order chi connectivity index (χ0) is 34.8. The number of anilines is 1. The normalized spacial score (nSPS) is 10.1. The molecule has 0 atom stereocenters. The highest BCUT2D eigenvalue weighted by Crippen LogP contribution is 2.41. The van der Waals surface area contributed by atoms with Crippen LogP contribution in [0.15, 0.2) is 71.1 Å². The van der Waals surface area contributed by atoms with Gasteiger partial charge in [-0.1, -0.05) is 13.8 Å². The van der Waals surface area contributed by atoms with Crippen LogP contribution in [0.1, 0.15) is 24.2 Å². The second-order valence-corrected chi connectivity index (χ2v) is 9.69. The van der Waals surface area contributed by atoms with Crippen LogP contribution in [-0.4, -0.2) is 62.7 Å². The zero-order valence-electron chi connectivity index (χ0n) is 26.9. The second kappa shape index (κ2) is 15.9. The molecule has 0 aliphatic rings. The van der Waals surface area contributed by atoms with Gasteiger partial charge < -0.3 is 33.9 Å². The minimum atomic E-state index is -0.459. The Bertz CT molecular complexity index is 1990. The number of carbonyl (C=O) groups excluding carboxylic acids is 3. The molecule has 1 amide bonds. The van der Waals surface area contributed by atoms with E-state index in [9.17, 15) is 9.18 Å². The highest BCUT2D eigenvalue weighted by molar-refractivity contribution is 6.13. The monoisotopic (exact) mass is 643 g/mol. The lowest BCUT2D eigenvalue weighted by atomic mass is 9.96. The number of nitrogens with zero attached hydrogens (tertiary/aromatic N) is 3. The number of benzene rings is 3. The van der Waals surface area contributed by atoms with E-state index in [2.05, 4.69) is 20.3 Å². The van der Waals surface area contributed by atoms with Crippen molar-refractivity contribution in [1.82, 2.24) is 20.3 Å². The second-order valence-electron chi connectivity index (χ2n) is 9.69. The standard InChI is InChI=1S/C31H25F2N5O3.C2H6.2CH2O/c1-34-31(39)27-22-14-21(24(38(2)3)15-25(22)41-28(27)16-5-7-19(32)8-6-16)17-11-18(13-20(33)12-17)29-35-23-9-10-26(40-4)36-30(23)37-29;3*1-2/h5-15H,1-4H3,(H,34,39)(H,35,36,37);1-2H3;2*1H2. The molecule has 0 fully saturated rings. The Kier molecular flexibility index (Phi) is 12.0. The fourth-order valence-electron chi connectivity index (χ4n) is 4.90. The van der Waals surface area contributed by atoms with Crippen molar-refractivity contribution in [2.75, 3.05) is 33.2 Å². The molecule has 3 aromatic carbocycles. The van der Waals surface area contributed by atoms with Crippen LogP contribution in [0.5, 0.6) is 5.88 Å². The molecule has 0 bridgehead atoms. The maximum absolute atomic E-state index is 15.1.